The van der Waals surface area contributed by atoms with Crippen LogP contribution >= 0.6 is 15.9 Å². The molecule has 1 atom stereocenters. The fourth-order valence-corrected chi connectivity index (χ4v) is 2.27. The number of amides is 1. The van der Waals surface area contributed by atoms with Gasteiger partial charge in [-0.2, -0.15) is 0 Å². The molecule has 20 heavy (non-hydrogen) atoms. The average Bonchev–Trinajstić information content (AvgIpc) is 2.36. The van der Waals surface area contributed by atoms with E-state index in [9.17, 15) is 9.59 Å². The third kappa shape index (κ3) is 3.50. The summed E-state index contributed by atoms with van der Waals surface area (Å²) in [4.78, 5) is 24.3. The van der Waals surface area contributed by atoms with Crippen LogP contribution in [0, 0.1) is 11.8 Å². The van der Waals surface area contributed by atoms with Crippen LogP contribution in [0.5, 0.6) is 5.75 Å². The first-order chi connectivity index (χ1) is 9.47. The van der Waals surface area contributed by atoms with E-state index in [4.69, 9.17) is 9.84 Å². The Labute approximate surface area is 125 Å². The number of likely N-dealkylation sites (tertiary alicyclic amines) is 1. The highest BCUT2D eigenvalue weighted by Gasteiger charge is 2.37. The molecule has 1 aliphatic rings. The summed E-state index contributed by atoms with van der Waals surface area (Å²) in [5.74, 6) is -0.650. The number of aliphatic carboxylic acids is 1. The topological polar surface area (TPSA) is 66.8 Å². The van der Waals surface area contributed by atoms with Crippen LogP contribution in [-0.4, -0.2) is 41.6 Å². The SMILES string of the molecule is CC(C(=O)O)C1CN(C(=O)COc2ccc(Br)cc2)C1. The maximum absolute atomic E-state index is 11.8. The smallest absolute Gasteiger partial charge is 0.306 e. The number of benzene rings is 1. The minimum atomic E-state index is -0.812. The molecule has 0 spiro atoms. The van der Waals surface area contributed by atoms with Crippen LogP contribution in [0.25, 0.3) is 0 Å². The van der Waals surface area contributed by atoms with Gasteiger partial charge in [0.1, 0.15) is 5.75 Å². The molecular weight excluding hydrogens is 326 g/mol. The molecule has 1 amide bonds. The molecule has 1 unspecified atom stereocenters. The number of carbonyl (C=O) groups is 2. The fourth-order valence-electron chi connectivity index (χ4n) is 2.00. The lowest BCUT2D eigenvalue weighted by Crippen LogP contribution is -2.54. The van der Waals surface area contributed by atoms with E-state index in [1.165, 1.54) is 0 Å². The highest BCUT2D eigenvalue weighted by atomic mass is 79.9. The van der Waals surface area contributed by atoms with E-state index in [1.807, 2.05) is 12.1 Å². The third-order valence-electron chi connectivity index (χ3n) is 3.54. The largest absolute Gasteiger partial charge is 0.484 e. The van der Waals surface area contributed by atoms with Crippen molar-refractivity contribution in [2.24, 2.45) is 11.8 Å². The zero-order valence-corrected chi connectivity index (χ0v) is 12.7. The summed E-state index contributed by atoms with van der Waals surface area (Å²) in [6.45, 7) is 2.65. The lowest BCUT2D eigenvalue weighted by Gasteiger charge is -2.41. The first-order valence-corrected chi connectivity index (χ1v) is 7.15. The molecule has 6 heteroatoms. The quantitative estimate of drug-likeness (QED) is 0.889. The van der Waals surface area contributed by atoms with Crippen molar-refractivity contribution in [3.8, 4) is 5.75 Å². The second-order valence-corrected chi connectivity index (χ2v) is 5.84. The van der Waals surface area contributed by atoms with Gasteiger partial charge in [-0.25, -0.2) is 0 Å². The Balaban J connectivity index is 1.75. The Morgan fingerprint density at radius 3 is 2.55 bits per heavy atom. The molecule has 1 aliphatic heterocycles. The number of carboxylic acid groups (broad SMARTS) is 1. The summed E-state index contributed by atoms with van der Waals surface area (Å²) in [6, 6.07) is 7.24. The van der Waals surface area contributed by atoms with Gasteiger partial charge in [-0.3, -0.25) is 9.59 Å². The second kappa shape index (κ2) is 6.26. The second-order valence-electron chi connectivity index (χ2n) is 4.93. The Bertz CT molecular complexity index is 496. The predicted octanol–water partition coefficient (Wildman–Crippen LogP) is 2.01. The number of ether oxygens (including phenoxy) is 1. The maximum Gasteiger partial charge on any atom is 0.306 e. The molecule has 0 saturated carbocycles. The van der Waals surface area contributed by atoms with Crippen molar-refractivity contribution in [1.29, 1.82) is 0 Å². The number of carbonyl (C=O) groups excluding carboxylic acids is 1. The molecule has 2 rings (SSSR count). The molecule has 0 radical (unpaired) electrons. The van der Waals surface area contributed by atoms with Crippen LogP contribution in [0.15, 0.2) is 28.7 Å². The van der Waals surface area contributed by atoms with Crippen molar-refractivity contribution in [2.75, 3.05) is 19.7 Å². The molecular formula is C14H16BrNO4. The minimum Gasteiger partial charge on any atom is -0.484 e. The van der Waals surface area contributed by atoms with Crippen molar-refractivity contribution in [1.82, 2.24) is 4.90 Å². The lowest BCUT2D eigenvalue weighted by atomic mass is 9.87. The molecule has 1 heterocycles. The summed E-state index contributed by atoms with van der Waals surface area (Å²) in [5.41, 5.74) is 0. The van der Waals surface area contributed by atoms with Crippen molar-refractivity contribution >= 4 is 27.8 Å². The Morgan fingerprint density at radius 2 is 2.00 bits per heavy atom. The van der Waals surface area contributed by atoms with Crippen LogP contribution in [0.4, 0.5) is 0 Å². The van der Waals surface area contributed by atoms with E-state index in [1.54, 1.807) is 24.0 Å². The van der Waals surface area contributed by atoms with Gasteiger partial charge in [0, 0.05) is 23.5 Å². The number of hydrogen-bond acceptors (Lipinski definition) is 3. The van der Waals surface area contributed by atoms with Gasteiger partial charge in [-0.1, -0.05) is 22.9 Å². The van der Waals surface area contributed by atoms with E-state index in [-0.39, 0.29) is 18.4 Å². The normalized spacial score (nSPS) is 16.4. The molecule has 1 N–H and O–H groups in total. The number of nitrogens with zero attached hydrogens (tertiary/aromatic N) is 1. The average molecular weight is 342 g/mol. The summed E-state index contributed by atoms with van der Waals surface area (Å²) in [5, 5.41) is 8.88. The predicted molar refractivity (Wildman–Crippen MR) is 76.5 cm³/mol. The van der Waals surface area contributed by atoms with Gasteiger partial charge in [-0.05, 0) is 24.3 Å². The first-order valence-electron chi connectivity index (χ1n) is 6.36. The van der Waals surface area contributed by atoms with Gasteiger partial charge in [0.25, 0.3) is 5.91 Å². The lowest BCUT2D eigenvalue weighted by molar-refractivity contribution is -0.151. The zero-order valence-electron chi connectivity index (χ0n) is 11.1. The van der Waals surface area contributed by atoms with Crippen LogP contribution in [0.3, 0.4) is 0 Å². The van der Waals surface area contributed by atoms with Crippen molar-refractivity contribution in [3.05, 3.63) is 28.7 Å². The van der Waals surface area contributed by atoms with E-state index in [0.29, 0.717) is 18.8 Å². The zero-order chi connectivity index (χ0) is 14.7. The fraction of sp³-hybridized carbons (Fsp3) is 0.429. The van der Waals surface area contributed by atoms with Gasteiger partial charge in [-0.15, -0.1) is 0 Å². The minimum absolute atomic E-state index is 0.0181. The molecule has 0 aromatic heterocycles. The molecule has 1 aromatic rings. The van der Waals surface area contributed by atoms with Gasteiger partial charge in [0.2, 0.25) is 0 Å². The van der Waals surface area contributed by atoms with Gasteiger partial charge in [0.05, 0.1) is 5.92 Å². The third-order valence-corrected chi connectivity index (χ3v) is 4.06. The summed E-state index contributed by atoms with van der Waals surface area (Å²) < 4.78 is 6.34. The van der Waals surface area contributed by atoms with Crippen molar-refractivity contribution in [2.45, 2.75) is 6.92 Å². The number of rotatable bonds is 5. The van der Waals surface area contributed by atoms with Gasteiger partial charge >= 0.3 is 5.97 Å². The maximum atomic E-state index is 11.8. The van der Waals surface area contributed by atoms with Crippen LogP contribution in [0.2, 0.25) is 0 Å². The van der Waals surface area contributed by atoms with Crippen molar-refractivity contribution < 1.29 is 19.4 Å². The number of halogens is 1. The van der Waals surface area contributed by atoms with Crippen LogP contribution in [0.1, 0.15) is 6.92 Å². The van der Waals surface area contributed by atoms with E-state index >= 15 is 0 Å². The summed E-state index contributed by atoms with van der Waals surface area (Å²) >= 11 is 3.32. The molecule has 108 valence electrons. The first kappa shape index (κ1) is 14.8. The Hall–Kier alpha value is -1.56. The molecule has 0 aliphatic carbocycles. The van der Waals surface area contributed by atoms with E-state index < -0.39 is 11.9 Å². The molecule has 5 nitrogen and oxygen atoms in total. The Kier molecular flexibility index (Phi) is 4.65. The molecule has 0 bridgehead atoms. The monoisotopic (exact) mass is 341 g/mol. The van der Waals surface area contributed by atoms with Crippen LogP contribution in [-0.2, 0) is 9.59 Å². The van der Waals surface area contributed by atoms with Crippen molar-refractivity contribution in [3.63, 3.8) is 0 Å². The molecule has 1 aromatic carbocycles. The standard InChI is InChI=1S/C14H16BrNO4/c1-9(14(18)19)10-6-16(7-10)13(17)8-20-12-4-2-11(15)3-5-12/h2-5,9-10H,6-8H2,1H3,(H,18,19). The van der Waals surface area contributed by atoms with Gasteiger partial charge < -0.3 is 14.7 Å². The summed E-state index contributed by atoms with van der Waals surface area (Å²) in [6.07, 6.45) is 0. The van der Waals surface area contributed by atoms with Crippen LogP contribution < -0.4 is 4.74 Å². The summed E-state index contributed by atoms with van der Waals surface area (Å²) in [7, 11) is 0. The molecule has 1 saturated heterocycles. The highest BCUT2D eigenvalue weighted by Crippen LogP contribution is 2.24. The van der Waals surface area contributed by atoms with Gasteiger partial charge in [0.15, 0.2) is 6.61 Å². The number of hydrogen-bond donors (Lipinski definition) is 1. The number of carboxylic acids is 1. The van der Waals surface area contributed by atoms with E-state index in [2.05, 4.69) is 15.9 Å². The Morgan fingerprint density at radius 1 is 1.40 bits per heavy atom. The molecule has 1 fully saturated rings. The van der Waals surface area contributed by atoms with E-state index in [0.717, 1.165) is 4.47 Å². The highest BCUT2D eigenvalue weighted by molar-refractivity contribution is 9.10.